The smallest absolute Gasteiger partial charge is 0.249 e. The molecule has 7 nitrogen and oxygen atoms in total. The molecule has 0 amide bonds. The van der Waals surface area contributed by atoms with E-state index in [0.717, 1.165) is 29.4 Å². The Hall–Kier alpha value is -3.06. The van der Waals surface area contributed by atoms with Crippen LogP contribution in [0.4, 0.5) is 17.5 Å². The maximum Gasteiger partial charge on any atom is 0.249 e. The van der Waals surface area contributed by atoms with Gasteiger partial charge in [-0.2, -0.15) is 10.1 Å². The molecule has 138 valence electrons. The maximum atomic E-state index is 5.90. The summed E-state index contributed by atoms with van der Waals surface area (Å²) in [6, 6.07) is 13.4. The lowest BCUT2D eigenvalue weighted by molar-refractivity contribution is 0.171. The average molecular weight is 384 g/mol. The molecule has 0 atom stereocenters. The van der Waals surface area contributed by atoms with Crippen LogP contribution in [0, 0.1) is 0 Å². The molecule has 1 aliphatic rings. The number of nitrogens with zero attached hydrogens (tertiary/aromatic N) is 3. The van der Waals surface area contributed by atoms with Crippen molar-refractivity contribution in [2.24, 2.45) is 0 Å². The molecule has 27 heavy (non-hydrogen) atoms. The number of anilines is 3. The van der Waals surface area contributed by atoms with Gasteiger partial charge < -0.3 is 20.1 Å². The number of hydrogen-bond donors (Lipinski definition) is 2. The van der Waals surface area contributed by atoms with E-state index < -0.39 is 0 Å². The van der Waals surface area contributed by atoms with Crippen LogP contribution in [-0.4, -0.2) is 34.9 Å². The molecular weight excluding hydrogens is 366 g/mol. The van der Waals surface area contributed by atoms with Crippen molar-refractivity contribution >= 4 is 29.1 Å². The number of ether oxygens (including phenoxy) is 2. The predicted molar refractivity (Wildman–Crippen MR) is 104 cm³/mol. The Kier molecular flexibility index (Phi) is 5.20. The van der Waals surface area contributed by atoms with Crippen LogP contribution in [-0.2, 0) is 6.42 Å². The normalized spacial score (nSPS) is 12.5. The van der Waals surface area contributed by atoms with Gasteiger partial charge in [0, 0.05) is 23.3 Å². The van der Waals surface area contributed by atoms with Gasteiger partial charge in [0.1, 0.15) is 13.2 Å². The molecule has 3 aromatic rings. The summed E-state index contributed by atoms with van der Waals surface area (Å²) in [6.07, 6.45) is 2.45. The van der Waals surface area contributed by atoms with Crippen LogP contribution < -0.4 is 20.1 Å². The van der Waals surface area contributed by atoms with Gasteiger partial charge in [-0.15, -0.1) is 5.10 Å². The third-order valence-corrected chi connectivity index (χ3v) is 4.24. The van der Waals surface area contributed by atoms with Gasteiger partial charge in [-0.25, -0.2) is 0 Å². The topological polar surface area (TPSA) is 81.2 Å². The first kappa shape index (κ1) is 17.4. The number of aromatic nitrogens is 3. The standard InChI is InChI=1S/C19H18ClN5O2/c20-14-3-1-13(2-4-14)7-8-21-18-12-22-25-19(24-18)23-15-5-6-16-17(11-15)27-10-9-26-16/h1-6,11-12H,7-10H2,(H2,21,23,24,25). The zero-order chi connectivity index (χ0) is 18.5. The molecular formula is C19H18ClN5O2. The Morgan fingerprint density at radius 2 is 1.81 bits per heavy atom. The monoisotopic (exact) mass is 383 g/mol. The van der Waals surface area contributed by atoms with Crippen LogP contribution in [0.2, 0.25) is 5.02 Å². The van der Waals surface area contributed by atoms with Crippen molar-refractivity contribution in [1.29, 1.82) is 0 Å². The Balaban J connectivity index is 1.36. The Morgan fingerprint density at radius 3 is 2.67 bits per heavy atom. The molecule has 2 heterocycles. The van der Waals surface area contributed by atoms with E-state index in [2.05, 4.69) is 25.8 Å². The quantitative estimate of drug-likeness (QED) is 0.671. The van der Waals surface area contributed by atoms with Crippen molar-refractivity contribution in [3.05, 3.63) is 59.2 Å². The fourth-order valence-electron chi connectivity index (χ4n) is 2.68. The van der Waals surface area contributed by atoms with Gasteiger partial charge >= 0.3 is 0 Å². The third kappa shape index (κ3) is 4.57. The van der Waals surface area contributed by atoms with Gasteiger partial charge in [0.25, 0.3) is 0 Å². The van der Waals surface area contributed by atoms with E-state index in [4.69, 9.17) is 21.1 Å². The lowest BCUT2D eigenvalue weighted by atomic mass is 10.1. The first-order chi connectivity index (χ1) is 13.3. The second-order valence-corrected chi connectivity index (χ2v) is 6.39. The maximum absolute atomic E-state index is 5.90. The number of benzene rings is 2. The second kappa shape index (κ2) is 8.09. The molecule has 0 bridgehead atoms. The van der Waals surface area contributed by atoms with E-state index in [0.29, 0.717) is 30.7 Å². The van der Waals surface area contributed by atoms with Crippen LogP contribution in [0.25, 0.3) is 0 Å². The minimum Gasteiger partial charge on any atom is -0.486 e. The van der Waals surface area contributed by atoms with Crippen LogP contribution in [0.15, 0.2) is 48.7 Å². The summed E-state index contributed by atoms with van der Waals surface area (Å²) in [5, 5.41) is 15.1. The Labute approximate surface area is 161 Å². The molecule has 2 aromatic carbocycles. The summed E-state index contributed by atoms with van der Waals surface area (Å²) in [7, 11) is 0. The molecule has 1 aromatic heterocycles. The number of rotatable bonds is 6. The van der Waals surface area contributed by atoms with Crippen LogP contribution in [0.5, 0.6) is 11.5 Å². The van der Waals surface area contributed by atoms with Gasteiger partial charge in [-0.3, -0.25) is 0 Å². The summed E-state index contributed by atoms with van der Waals surface area (Å²) < 4.78 is 11.1. The zero-order valence-corrected chi connectivity index (χ0v) is 15.2. The summed E-state index contributed by atoms with van der Waals surface area (Å²) >= 11 is 5.90. The highest BCUT2D eigenvalue weighted by Crippen LogP contribution is 2.33. The van der Waals surface area contributed by atoms with E-state index in [1.165, 1.54) is 5.56 Å². The van der Waals surface area contributed by atoms with Crippen LogP contribution in [0.1, 0.15) is 5.56 Å². The highest BCUT2D eigenvalue weighted by Gasteiger charge is 2.12. The van der Waals surface area contributed by atoms with Crippen molar-refractivity contribution in [1.82, 2.24) is 15.2 Å². The van der Waals surface area contributed by atoms with Crippen molar-refractivity contribution in [2.45, 2.75) is 6.42 Å². The molecule has 2 N–H and O–H groups in total. The van der Waals surface area contributed by atoms with Gasteiger partial charge in [-0.1, -0.05) is 23.7 Å². The molecule has 0 saturated carbocycles. The summed E-state index contributed by atoms with van der Waals surface area (Å²) in [5.41, 5.74) is 2.00. The average Bonchev–Trinajstić information content (AvgIpc) is 2.70. The SMILES string of the molecule is Clc1ccc(CCNc2cnnc(Nc3ccc4c(c3)OCCO4)n2)cc1. The van der Waals surface area contributed by atoms with E-state index in [-0.39, 0.29) is 0 Å². The number of fused-ring (bicyclic) bond motifs is 1. The van der Waals surface area contributed by atoms with E-state index >= 15 is 0 Å². The van der Waals surface area contributed by atoms with E-state index in [1.54, 1.807) is 6.20 Å². The molecule has 1 aliphatic heterocycles. The van der Waals surface area contributed by atoms with Crippen molar-refractivity contribution < 1.29 is 9.47 Å². The fourth-order valence-corrected chi connectivity index (χ4v) is 2.80. The number of hydrogen-bond acceptors (Lipinski definition) is 7. The molecule has 0 aliphatic carbocycles. The van der Waals surface area contributed by atoms with Crippen LogP contribution >= 0.6 is 11.6 Å². The van der Waals surface area contributed by atoms with Gasteiger partial charge in [-0.05, 0) is 36.2 Å². The molecule has 0 unspecified atom stereocenters. The lowest BCUT2D eigenvalue weighted by Gasteiger charge is -2.19. The molecule has 4 rings (SSSR count). The van der Waals surface area contributed by atoms with Gasteiger partial charge in [0.15, 0.2) is 17.3 Å². The highest BCUT2D eigenvalue weighted by atomic mass is 35.5. The van der Waals surface area contributed by atoms with Gasteiger partial charge in [0.05, 0.1) is 6.20 Å². The zero-order valence-electron chi connectivity index (χ0n) is 14.5. The first-order valence-electron chi connectivity index (χ1n) is 8.61. The van der Waals surface area contributed by atoms with Crippen molar-refractivity contribution in [3.63, 3.8) is 0 Å². The van der Waals surface area contributed by atoms with Crippen LogP contribution in [0.3, 0.4) is 0 Å². The number of halogens is 1. The molecule has 8 heteroatoms. The van der Waals surface area contributed by atoms with E-state index in [9.17, 15) is 0 Å². The van der Waals surface area contributed by atoms with Crippen molar-refractivity contribution in [2.75, 3.05) is 30.4 Å². The predicted octanol–water partition coefficient (Wildman–Crippen LogP) is 3.69. The third-order valence-electron chi connectivity index (χ3n) is 3.99. The summed E-state index contributed by atoms with van der Waals surface area (Å²) in [5.74, 6) is 2.50. The minimum absolute atomic E-state index is 0.406. The van der Waals surface area contributed by atoms with E-state index in [1.807, 2.05) is 42.5 Å². The molecule has 0 fully saturated rings. The molecule has 0 spiro atoms. The fraction of sp³-hybridized carbons (Fsp3) is 0.211. The molecule has 0 saturated heterocycles. The minimum atomic E-state index is 0.406. The first-order valence-corrected chi connectivity index (χ1v) is 8.99. The largest absolute Gasteiger partial charge is 0.486 e. The Bertz CT molecular complexity index is 920. The second-order valence-electron chi connectivity index (χ2n) is 5.95. The molecule has 0 radical (unpaired) electrons. The van der Waals surface area contributed by atoms with Gasteiger partial charge in [0.2, 0.25) is 5.95 Å². The summed E-state index contributed by atoms with van der Waals surface area (Å²) in [6.45, 7) is 1.84. The number of nitrogens with one attached hydrogen (secondary N) is 2. The highest BCUT2D eigenvalue weighted by molar-refractivity contribution is 6.30. The Morgan fingerprint density at radius 1 is 1.00 bits per heavy atom. The lowest BCUT2D eigenvalue weighted by Crippen LogP contribution is -2.15. The van der Waals surface area contributed by atoms with Crippen molar-refractivity contribution in [3.8, 4) is 11.5 Å². The summed E-state index contributed by atoms with van der Waals surface area (Å²) in [4.78, 5) is 4.44.